The molecule has 1 saturated carbocycles. The number of ether oxygens (including phenoxy) is 1. The maximum Gasteiger partial charge on any atom is 0.408 e. The van der Waals surface area contributed by atoms with Crippen molar-refractivity contribution in [3.05, 3.63) is 18.2 Å². The minimum atomic E-state index is -0.484. The van der Waals surface area contributed by atoms with Gasteiger partial charge in [0.05, 0.1) is 24.3 Å². The van der Waals surface area contributed by atoms with Crippen LogP contribution >= 0.6 is 0 Å². The van der Waals surface area contributed by atoms with E-state index in [-0.39, 0.29) is 6.04 Å². The van der Waals surface area contributed by atoms with E-state index in [2.05, 4.69) is 28.7 Å². The second-order valence-electron chi connectivity index (χ2n) is 7.30. The quantitative estimate of drug-likeness (QED) is 0.922. The van der Waals surface area contributed by atoms with Gasteiger partial charge in [0.25, 0.3) is 0 Å². The van der Waals surface area contributed by atoms with Gasteiger partial charge in [0, 0.05) is 6.04 Å². The Bertz CT molecular complexity index is 499. The molecule has 1 unspecified atom stereocenters. The molecule has 0 spiro atoms. The number of rotatable bonds is 3. The number of imidazole rings is 1. The first kappa shape index (κ1) is 14.9. The number of carbonyl (C=O) groups is 1. The van der Waals surface area contributed by atoms with E-state index in [0.29, 0.717) is 11.5 Å². The van der Waals surface area contributed by atoms with Crippen LogP contribution in [0.15, 0.2) is 12.5 Å². The molecule has 0 aliphatic heterocycles. The molecule has 0 radical (unpaired) electrons. The number of nitrogens with one attached hydrogen (secondary N) is 1. The second kappa shape index (κ2) is 4.79. The molecule has 1 heterocycles. The zero-order valence-electron chi connectivity index (χ0n) is 13.2. The Morgan fingerprint density at radius 1 is 1.55 bits per heavy atom. The van der Waals surface area contributed by atoms with Crippen molar-refractivity contribution >= 4 is 6.09 Å². The van der Waals surface area contributed by atoms with Crippen LogP contribution in [0.2, 0.25) is 0 Å². The SMILES string of the molecule is C[C@H](NC(=O)OC(C)(C)C)c1cncn1C1CC1(C)C. The van der Waals surface area contributed by atoms with Crippen LogP contribution in [0.5, 0.6) is 0 Å². The highest BCUT2D eigenvalue weighted by molar-refractivity contribution is 5.68. The van der Waals surface area contributed by atoms with Crippen LogP contribution in [0.1, 0.15) is 65.7 Å². The normalized spacial score (nSPS) is 22.2. The summed E-state index contributed by atoms with van der Waals surface area (Å²) < 4.78 is 7.45. The Kier molecular flexibility index (Phi) is 3.56. The van der Waals surface area contributed by atoms with Crippen LogP contribution in [0.3, 0.4) is 0 Å². The molecule has 1 aliphatic rings. The van der Waals surface area contributed by atoms with Gasteiger partial charge in [0.15, 0.2) is 0 Å². The first-order valence-corrected chi connectivity index (χ1v) is 7.11. The van der Waals surface area contributed by atoms with E-state index in [1.54, 1.807) is 0 Å². The third kappa shape index (κ3) is 3.32. The third-order valence-corrected chi connectivity index (χ3v) is 3.67. The lowest BCUT2D eigenvalue weighted by molar-refractivity contribution is 0.0506. The van der Waals surface area contributed by atoms with Gasteiger partial charge in [-0.1, -0.05) is 13.8 Å². The van der Waals surface area contributed by atoms with Gasteiger partial charge in [0.1, 0.15) is 5.60 Å². The van der Waals surface area contributed by atoms with Gasteiger partial charge in [-0.15, -0.1) is 0 Å². The summed E-state index contributed by atoms with van der Waals surface area (Å²) in [7, 11) is 0. The van der Waals surface area contributed by atoms with Gasteiger partial charge in [-0.3, -0.25) is 0 Å². The van der Waals surface area contributed by atoms with Crippen molar-refractivity contribution in [2.75, 3.05) is 0 Å². The van der Waals surface area contributed by atoms with Crippen molar-refractivity contribution in [2.45, 2.75) is 65.6 Å². The Balaban J connectivity index is 2.02. The standard InChI is InChI=1S/C15H25N3O2/c1-10(17-13(19)20-14(2,3)4)11-8-16-9-18(11)12-7-15(12,5)6/h8-10,12H,7H2,1-6H3,(H,17,19)/t10-,12?/m0/s1. The molecule has 1 aromatic heterocycles. The van der Waals surface area contributed by atoms with Crippen molar-refractivity contribution in [3.8, 4) is 0 Å². The highest BCUT2D eigenvalue weighted by atomic mass is 16.6. The maximum atomic E-state index is 11.8. The Labute approximate surface area is 120 Å². The summed E-state index contributed by atoms with van der Waals surface area (Å²) in [5.41, 5.74) is 0.857. The average Bonchev–Trinajstić information content (AvgIpc) is 2.73. The first-order chi connectivity index (χ1) is 9.10. The molecule has 5 nitrogen and oxygen atoms in total. The lowest BCUT2D eigenvalue weighted by atomic mass is 10.2. The molecular weight excluding hydrogens is 254 g/mol. The number of carbonyl (C=O) groups excluding carboxylic acids is 1. The summed E-state index contributed by atoms with van der Waals surface area (Å²) in [6.07, 6.45) is 4.42. The maximum absolute atomic E-state index is 11.8. The van der Waals surface area contributed by atoms with E-state index >= 15 is 0 Å². The largest absolute Gasteiger partial charge is 0.444 e. The number of hydrogen-bond acceptors (Lipinski definition) is 3. The molecule has 1 amide bonds. The lowest BCUT2D eigenvalue weighted by Crippen LogP contribution is -2.34. The van der Waals surface area contributed by atoms with E-state index in [0.717, 1.165) is 12.1 Å². The molecule has 1 aliphatic carbocycles. The van der Waals surface area contributed by atoms with E-state index < -0.39 is 11.7 Å². The predicted molar refractivity (Wildman–Crippen MR) is 77.4 cm³/mol. The van der Waals surface area contributed by atoms with E-state index in [4.69, 9.17) is 4.74 Å². The van der Waals surface area contributed by atoms with Crippen LogP contribution in [-0.4, -0.2) is 21.2 Å². The number of amides is 1. The lowest BCUT2D eigenvalue weighted by Gasteiger charge is -2.22. The van der Waals surface area contributed by atoms with Gasteiger partial charge in [0.2, 0.25) is 0 Å². The van der Waals surface area contributed by atoms with Crippen LogP contribution in [-0.2, 0) is 4.74 Å². The van der Waals surface area contributed by atoms with Crippen LogP contribution in [0, 0.1) is 5.41 Å². The van der Waals surface area contributed by atoms with E-state index in [1.807, 2.05) is 40.2 Å². The van der Waals surface area contributed by atoms with Crippen molar-refractivity contribution in [3.63, 3.8) is 0 Å². The fourth-order valence-corrected chi connectivity index (χ4v) is 2.38. The molecule has 0 saturated heterocycles. The van der Waals surface area contributed by atoms with Crippen molar-refractivity contribution in [1.82, 2.24) is 14.9 Å². The monoisotopic (exact) mass is 279 g/mol. The van der Waals surface area contributed by atoms with Crippen LogP contribution in [0.25, 0.3) is 0 Å². The van der Waals surface area contributed by atoms with Crippen molar-refractivity contribution in [2.24, 2.45) is 5.41 Å². The van der Waals surface area contributed by atoms with E-state index in [1.165, 1.54) is 0 Å². The van der Waals surface area contributed by atoms with Crippen molar-refractivity contribution in [1.29, 1.82) is 0 Å². The second-order valence-corrected chi connectivity index (χ2v) is 7.30. The molecule has 1 aromatic rings. The zero-order chi connectivity index (χ0) is 15.1. The van der Waals surface area contributed by atoms with Crippen LogP contribution in [0.4, 0.5) is 4.79 Å². The molecule has 112 valence electrons. The number of hydrogen-bond donors (Lipinski definition) is 1. The highest BCUT2D eigenvalue weighted by Gasteiger charge is 2.47. The fourth-order valence-electron chi connectivity index (χ4n) is 2.38. The third-order valence-electron chi connectivity index (χ3n) is 3.67. The summed E-state index contributed by atoms with van der Waals surface area (Å²) in [5.74, 6) is 0. The summed E-state index contributed by atoms with van der Waals surface area (Å²) in [6, 6.07) is 0.353. The molecular formula is C15H25N3O2. The highest BCUT2D eigenvalue weighted by Crippen LogP contribution is 2.56. The predicted octanol–water partition coefficient (Wildman–Crippen LogP) is 3.44. The topological polar surface area (TPSA) is 56.1 Å². The van der Waals surface area contributed by atoms with Gasteiger partial charge < -0.3 is 14.6 Å². The molecule has 2 atom stereocenters. The Morgan fingerprint density at radius 3 is 2.65 bits per heavy atom. The number of alkyl carbamates (subject to hydrolysis) is 1. The first-order valence-electron chi connectivity index (χ1n) is 7.11. The number of aromatic nitrogens is 2. The minimum Gasteiger partial charge on any atom is -0.444 e. The van der Waals surface area contributed by atoms with Crippen LogP contribution < -0.4 is 5.32 Å². The molecule has 20 heavy (non-hydrogen) atoms. The molecule has 1 N–H and O–H groups in total. The van der Waals surface area contributed by atoms with Gasteiger partial charge >= 0.3 is 6.09 Å². The Morgan fingerprint density at radius 2 is 2.15 bits per heavy atom. The average molecular weight is 279 g/mol. The zero-order valence-corrected chi connectivity index (χ0v) is 13.2. The summed E-state index contributed by atoms with van der Waals surface area (Å²) >= 11 is 0. The molecule has 0 bridgehead atoms. The van der Waals surface area contributed by atoms with Crippen molar-refractivity contribution < 1.29 is 9.53 Å². The summed E-state index contributed by atoms with van der Waals surface area (Å²) in [6.45, 7) is 12.0. The molecule has 2 rings (SSSR count). The van der Waals surface area contributed by atoms with Gasteiger partial charge in [-0.25, -0.2) is 9.78 Å². The fraction of sp³-hybridized carbons (Fsp3) is 0.733. The number of nitrogens with zero attached hydrogens (tertiary/aromatic N) is 2. The summed E-state index contributed by atoms with van der Waals surface area (Å²) in [5, 5.41) is 2.87. The smallest absolute Gasteiger partial charge is 0.408 e. The molecule has 5 heteroatoms. The van der Waals surface area contributed by atoms with Gasteiger partial charge in [-0.05, 0) is 39.5 Å². The minimum absolute atomic E-state index is 0.122. The van der Waals surface area contributed by atoms with Gasteiger partial charge in [-0.2, -0.15) is 0 Å². The van der Waals surface area contributed by atoms with E-state index in [9.17, 15) is 4.79 Å². The molecule has 1 fully saturated rings. The Hall–Kier alpha value is -1.52. The summed E-state index contributed by atoms with van der Waals surface area (Å²) in [4.78, 5) is 16.0. The molecule has 0 aromatic carbocycles.